The fourth-order valence-electron chi connectivity index (χ4n) is 4.82. The van der Waals surface area contributed by atoms with Crippen molar-refractivity contribution in [2.45, 2.75) is 38.5 Å². The third-order valence-electron chi connectivity index (χ3n) is 7.06. The summed E-state index contributed by atoms with van der Waals surface area (Å²) in [4.78, 5) is 21.2. The van der Waals surface area contributed by atoms with E-state index in [-0.39, 0.29) is 11.7 Å². The number of piperazine rings is 1. The Bertz CT molecular complexity index is 923. The number of benzene rings is 1. The molecule has 34 heavy (non-hydrogen) atoms. The summed E-state index contributed by atoms with van der Waals surface area (Å²) >= 11 is 0. The molecule has 6 nitrogen and oxygen atoms in total. The number of carbonyl (C=O) groups excluding carboxylic acids is 1. The van der Waals surface area contributed by atoms with Crippen LogP contribution in [0.1, 0.15) is 37.7 Å². The largest absolute Gasteiger partial charge is 0.476 e. The zero-order valence-electron chi connectivity index (χ0n) is 20.3. The van der Waals surface area contributed by atoms with Gasteiger partial charge in [0.25, 0.3) is 0 Å². The number of aromatic nitrogens is 1. The third kappa shape index (κ3) is 7.24. The number of pyridine rings is 1. The second kappa shape index (κ2) is 12.3. The Hall–Kier alpha value is -2.51. The molecule has 1 N–H and O–H groups in total. The van der Waals surface area contributed by atoms with E-state index in [2.05, 4.69) is 27.1 Å². The molecule has 0 radical (unpaired) electrons. The zero-order valence-corrected chi connectivity index (χ0v) is 20.3. The first kappa shape index (κ1) is 24.6. The summed E-state index contributed by atoms with van der Waals surface area (Å²) in [5.41, 5.74) is 2.08. The first-order valence-electron chi connectivity index (χ1n) is 12.6. The summed E-state index contributed by atoms with van der Waals surface area (Å²) in [5, 5.41) is 3.03. The van der Waals surface area contributed by atoms with Crippen LogP contribution in [0, 0.1) is 11.7 Å². The van der Waals surface area contributed by atoms with E-state index in [4.69, 9.17) is 4.74 Å². The molecular weight excluding hydrogens is 431 g/mol. The number of rotatable bonds is 10. The van der Waals surface area contributed by atoms with Gasteiger partial charge in [-0.05, 0) is 30.5 Å². The van der Waals surface area contributed by atoms with E-state index in [0.717, 1.165) is 62.7 Å². The number of hydrogen-bond acceptors (Lipinski definition) is 5. The van der Waals surface area contributed by atoms with Gasteiger partial charge in [0.05, 0.1) is 6.42 Å². The van der Waals surface area contributed by atoms with Crippen LogP contribution in [0.15, 0.2) is 36.5 Å². The summed E-state index contributed by atoms with van der Waals surface area (Å²) in [6, 6.07) is 8.80. The Morgan fingerprint density at radius 3 is 2.59 bits per heavy atom. The molecule has 1 saturated heterocycles. The molecule has 0 atom stereocenters. The normalized spacial score (nSPS) is 17.7. The molecule has 0 unspecified atom stereocenters. The molecular formula is C27H37FN4O2. The van der Waals surface area contributed by atoms with Crippen LogP contribution < -0.4 is 10.1 Å². The van der Waals surface area contributed by atoms with E-state index in [1.54, 1.807) is 0 Å². The Kier molecular flexibility index (Phi) is 8.88. The molecule has 0 spiro atoms. The maximum Gasteiger partial charge on any atom is 0.224 e. The Balaban J connectivity index is 1.22. The van der Waals surface area contributed by atoms with Gasteiger partial charge in [0.2, 0.25) is 11.8 Å². The summed E-state index contributed by atoms with van der Waals surface area (Å²) in [7, 11) is 2.13. The van der Waals surface area contributed by atoms with Crippen molar-refractivity contribution < 1.29 is 13.9 Å². The Labute approximate surface area is 202 Å². The van der Waals surface area contributed by atoms with Crippen LogP contribution in [-0.4, -0.2) is 73.6 Å². The second-order valence-electron chi connectivity index (χ2n) is 9.66. The van der Waals surface area contributed by atoms with Gasteiger partial charge >= 0.3 is 0 Å². The molecule has 184 valence electrons. The third-order valence-corrected chi connectivity index (χ3v) is 7.06. The Morgan fingerprint density at radius 1 is 1.15 bits per heavy atom. The van der Waals surface area contributed by atoms with E-state index < -0.39 is 0 Å². The lowest BCUT2D eigenvalue weighted by Gasteiger charge is -2.32. The Morgan fingerprint density at radius 2 is 1.88 bits per heavy atom. The minimum Gasteiger partial charge on any atom is -0.476 e. The van der Waals surface area contributed by atoms with Crippen molar-refractivity contribution in [3.05, 3.63) is 47.9 Å². The molecule has 2 aromatic rings. The van der Waals surface area contributed by atoms with Crippen LogP contribution in [-0.2, 0) is 11.2 Å². The number of halogens is 1. The molecule has 0 bridgehead atoms. The number of ether oxygens (including phenoxy) is 1. The monoisotopic (exact) mass is 468 g/mol. The van der Waals surface area contributed by atoms with E-state index in [0.29, 0.717) is 24.5 Å². The number of likely N-dealkylation sites (N-methyl/N-ethyl adjacent to an activating group) is 1. The van der Waals surface area contributed by atoms with Crippen LogP contribution in [0.3, 0.4) is 0 Å². The number of nitrogens with one attached hydrogen (secondary N) is 1. The van der Waals surface area contributed by atoms with Crippen molar-refractivity contribution in [1.29, 1.82) is 0 Å². The SMILES string of the molecule is CN1CCN(CCOc2cc(F)c(-c3ccc(CC(=O)NCCC4CCCC4)cc3)cn2)CC1. The number of nitrogens with zero attached hydrogens (tertiary/aromatic N) is 3. The molecule has 1 aliphatic carbocycles. The van der Waals surface area contributed by atoms with E-state index in [1.165, 1.54) is 37.9 Å². The van der Waals surface area contributed by atoms with Crippen LogP contribution in [0.2, 0.25) is 0 Å². The van der Waals surface area contributed by atoms with Gasteiger partial charge in [-0.2, -0.15) is 0 Å². The summed E-state index contributed by atoms with van der Waals surface area (Å²) in [5.74, 6) is 0.761. The van der Waals surface area contributed by atoms with Gasteiger partial charge in [0, 0.05) is 57.1 Å². The minimum absolute atomic E-state index is 0.0386. The van der Waals surface area contributed by atoms with Gasteiger partial charge in [-0.1, -0.05) is 49.9 Å². The van der Waals surface area contributed by atoms with E-state index in [1.807, 2.05) is 24.3 Å². The summed E-state index contributed by atoms with van der Waals surface area (Å²) in [6.45, 7) is 6.23. The highest BCUT2D eigenvalue weighted by Crippen LogP contribution is 2.27. The lowest BCUT2D eigenvalue weighted by Crippen LogP contribution is -2.45. The first-order valence-corrected chi connectivity index (χ1v) is 12.6. The fourth-order valence-corrected chi connectivity index (χ4v) is 4.82. The average molecular weight is 469 g/mol. The van der Waals surface area contributed by atoms with Crippen molar-refractivity contribution in [3.63, 3.8) is 0 Å². The van der Waals surface area contributed by atoms with Gasteiger partial charge in [-0.15, -0.1) is 0 Å². The van der Waals surface area contributed by atoms with Gasteiger partial charge in [-0.3, -0.25) is 9.69 Å². The maximum absolute atomic E-state index is 14.7. The molecule has 2 aliphatic rings. The van der Waals surface area contributed by atoms with Gasteiger partial charge in [0.1, 0.15) is 12.4 Å². The molecule has 1 aromatic carbocycles. The average Bonchev–Trinajstić information content (AvgIpc) is 3.35. The van der Waals surface area contributed by atoms with E-state index in [9.17, 15) is 9.18 Å². The van der Waals surface area contributed by atoms with Crippen LogP contribution in [0.25, 0.3) is 11.1 Å². The van der Waals surface area contributed by atoms with Gasteiger partial charge in [-0.25, -0.2) is 9.37 Å². The fraction of sp³-hybridized carbons (Fsp3) is 0.556. The smallest absolute Gasteiger partial charge is 0.224 e. The number of carbonyl (C=O) groups is 1. The topological polar surface area (TPSA) is 57.7 Å². The van der Waals surface area contributed by atoms with Crippen molar-refractivity contribution in [3.8, 4) is 17.0 Å². The standard InChI is InChI=1S/C27H37FN4O2/c1-31-12-14-32(15-13-31)16-17-34-27-19-25(28)24(20-30-27)23-8-6-22(7-9-23)18-26(33)29-11-10-21-4-2-3-5-21/h6-9,19-21H,2-5,10-18H2,1H3,(H,29,33). The highest BCUT2D eigenvalue weighted by atomic mass is 19.1. The highest BCUT2D eigenvalue weighted by Gasteiger charge is 2.16. The molecule has 1 aliphatic heterocycles. The number of hydrogen-bond donors (Lipinski definition) is 1. The maximum atomic E-state index is 14.7. The van der Waals surface area contributed by atoms with E-state index >= 15 is 0 Å². The highest BCUT2D eigenvalue weighted by molar-refractivity contribution is 5.78. The van der Waals surface area contributed by atoms with Crippen molar-refractivity contribution in [1.82, 2.24) is 20.1 Å². The van der Waals surface area contributed by atoms with Crippen LogP contribution in [0.5, 0.6) is 5.88 Å². The molecule has 4 rings (SSSR count). The lowest BCUT2D eigenvalue weighted by molar-refractivity contribution is -0.120. The molecule has 7 heteroatoms. The zero-order chi connectivity index (χ0) is 23.8. The molecule has 2 fully saturated rings. The molecule has 1 amide bonds. The van der Waals surface area contributed by atoms with Crippen molar-refractivity contribution in [2.75, 3.05) is 52.9 Å². The quantitative estimate of drug-likeness (QED) is 0.576. The van der Waals surface area contributed by atoms with Crippen LogP contribution in [0.4, 0.5) is 4.39 Å². The van der Waals surface area contributed by atoms with Gasteiger partial charge in [0.15, 0.2) is 0 Å². The summed E-state index contributed by atoms with van der Waals surface area (Å²) in [6.07, 6.45) is 8.18. The van der Waals surface area contributed by atoms with Crippen LogP contribution >= 0.6 is 0 Å². The summed E-state index contributed by atoms with van der Waals surface area (Å²) < 4.78 is 20.4. The minimum atomic E-state index is -0.359. The molecule has 1 saturated carbocycles. The molecule has 1 aromatic heterocycles. The predicted octanol–water partition coefficient (Wildman–Crippen LogP) is 3.75. The molecule has 2 heterocycles. The van der Waals surface area contributed by atoms with Crippen molar-refractivity contribution in [2.24, 2.45) is 5.92 Å². The van der Waals surface area contributed by atoms with Gasteiger partial charge < -0.3 is 15.0 Å². The predicted molar refractivity (Wildman–Crippen MR) is 132 cm³/mol. The lowest BCUT2D eigenvalue weighted by atomic mass is 10.0. The second-order valence-corrected chi connectivity index (χ2v) is 9.66. The van der Waals surface area contributed by atoms with Crippen molar-refractivity contribution >= 4 is 5.91 Å². The first-order chi connectivity index (χ1) is 16.6. The number of amides is 1.